The summed E-state index contributed by atoms with van der Waals surface area (Å²) in [7, 11) is 1.36. The molecule has 1 aliphatic heterocycles. The van der Waals surface area contributed by atoms with Crippen LogP contribution in [-0.2, 0) is 11.3 Å². The first-order valence-corrected chi connectivity index (χ1v) is 9.75. The molecule has 5 rings (SSSR count). The minimum absolute atomic E-state index is 0.408. The van der Waals surface area contributed by atoms with Crippen LogP contribution in [0.4, 0.5) is 0 Å². The lowest BCUT2D eigenvalue weighted by Crippen LogP contribution is -2.04. The molecule has 2 aromatic carbocycles. The van der Waals surface area contributed by atoms with Crippen LogP contribution in [0.15, 0.2) is 61.1 Å². The van der Waals surface area contributed by atoms with E-state index < -0.39 is 5.97 Å². The lowest BCUT2D eigenvalue weighted by molar-refractivity contribution is 0.0600. The van der Waals surface area contributed by atoms with E-state index in [-0.39, 0.29) is 0 Å². The summed E-state index contributed by atoms with van der Waals surface area (Å²) in [6, 6.07) is 12.8. The highest BCUT2D eigenvalue weighted by atomic mass is 35.5. The number of para-hydroxylation sites is 1. The molecule has 3 heterocycles. The molecule has 0 saturated carbocycles. The van der Waals surface area contributed by atoms with E-state index in [2.05, 4.69) is 4.98 Å². The Labute approximate surface area is 177 Å². The number of imidazole rings is 2. The van der Waals surface area contributed by atoms with E-state index in [9.17, 15) is 4.79 Å². The first-order valence-electron chi connectivity index (χ1n) is 9.37. The van der Waals surface area contributed by atoms with Crippen LogP contribution in [-0.4, -0.2) is 38.8 Å². The number of carbonyl (C=O) groups excluding carboxylic acids is 1. The van der Waals surface area contributed by atoms with Gasteiger partial charge >= 0.3 is 5.97 Å². The van der Waals surface area contributed by atoms with Gasteiger partial charge in [-0.3, -0.25) is 4.57 Å². The predicted molar refractivity (Wildman–Crippen MR) is 112 cm³/mol. The summed E-state index contributed by atoms with van der Waals surface area (Å²) in [4.78, 5) is 21.4. The fourth-order valence-corrected chi connectivity index (χ4v) is 3.80. The van der Waals surface area contributed by atoms with Crippen molar-refractivity contribution in [1.29, 1.82) is 0 Å². The molecule has 0 unspecified atom stereocenters. The fourth-order valence-electron chi connectivity index (χ4n) is 3.57. The molecule has 0 amide bonds. The molecule has 7 nitrogen and oxygen atoms in total. The molecule has 30 heavy (non-hydrogen) atoms. The van der Waals surface area contributed by atoms with Crippen LogP contribution >= 0.6 is 11.6 Å². The second-order valence-electron chi connectivity index (χ2n) is 6.77. The van der Waals surface area contributed by atoms with Crippen molar-refractivity contribution in [2.75, 3.05) is 13.7 Å². The molecule has 0 fully saturated rings. The van der Waals surface area contributed by atoms with Crippen molar-refractivity contribution < 1.29 is 14.3 Å². The number of fused-ring (bicyclic) bond motifs is 3. The highest BCUT2D eigenvalue weighted by molar-refractivity contribution is 6.32. The normalized spacial score (nSPS) is 12.5. The summed E-state index contributed by atoms with van der Waals surface area (Å²) in [5.74, 6) is 1.65. The quantitative estimate of drug-likeness (QED) is 0.464. The Kier molecular flexibility index (Phi) is 4.52. The molecular formula is C22H17ClN4O3. The van der Waals surface area contributed by atoms with Gasteiger partial charge in [-0.05, 0) is 30.3 Å². The van der Waals surface area contributed by atoms with Crippen molar-refractivity contribution >= 4 is 17.6 Å². The first kappa shape index (κ1) is 18.4. The average Bonchev–Trinajstić information content (AvgIpc) is 3.37. The van der Waals surface area contributed by atoms with E-state index in [0.717, 1.165) is 11.3 Å². The Bertz CT molecular complexity index is 1260. The molecule has 1 aliphatic rings. The number of halogens is 1. The van der Waals surface area contributed by atoms with Crippen LogP contribution in [0.3, 0.4) is 0 Å². The minimum Gasteiger partial charge on any atom is -0.491 e. The number of hydrogen-bond donors (Lipinski definition) is 0. The number of rotatable bonds is 3. The van der Waals surface area contributed by atoms with Gasteiger partial charge in [0.2, 0.25) is 0 Å². The zero-order chi connectivity index (χ0) is 20.7. The molecule has 0 atom stereocenters. The van der Waals surface area contributed by atoms with Crippen LogP contribution in [0.1, 0.15) is 10.4 Å². The summed E-state index contributed by atoms with van der Waals surface area (Å²) >= 11 is 6.39. The van der Waals surface area contributed by atoms with E-state index in [0.29, 0.717) is 46.8 Å². The molecule has 0 spiro atoms. The van der Waals surface area contributed by atoms with Gasteiger partial charge in [0.1, 0.15) is 23.9 Å². The van der Waals surface area contributed by atoms with Crippen LogP contribution in [0.5, 0.6) is 5.75 Å². The molecular weight excluding hydrogens is 404 g/mol. The summed E-state index contributed by atoms with van der Waals surface area (Å²) in [5.41, 5.74) is 2.70. The maximum Gasteiger partial charge on any atom is 0.337 e. The Balaban J connectivity index is 1.64. The SMILES string of the molecule is COC(=O)c1ccc2c(c1)-c1nc(-c3nccn3-c3ccccc3Cl)cn1CCO2. The van der Waals surface area contributed by atoms with Crippen LogP contribution in [0, 0.1) is 0 Å². The highest BCUT2D eigenvalue weighted by Crippen LogP contribution is 2.35. The number of aromatic nitrogens is 4. The van der Waals surface area contributed by atoms with Crippen molar-refractivity contribution in [3.05, 3.63) is 71.6 Å². The molecule has 8 heteroatoms. The summed E-state index contributed by atoms with van der Waals surface area (Å²) in [6.07, 6.45) is 5.51. The van der Waals surface area contributed by atoms with Crippen LogP contribution in [0.25, 0.3) is 28.6 Å². The van der Waals surface area contributed by atoms with Gasteiger partial charge in [-0.2, -0.15) is 0 Å². The molecule has 0 aliphatic carbocycles. The maximum atomic E-state index is 12.0. The molecule has 0 N–H and O–H groups in total. The van der Waals surface area contributed by atoms with Gasteiger partial charge in [-0.15, -0.1) is 0 Å². The Morgan fingerprint density at radius 2 is 2.07 bits per heavy atom. The van der Waals surface area contributed by atoms with Crippen molar-refractivity contribution in [2.24, 2.45) is 0 Å². The van der Waals surface area contributed by atoms with Crippen molar-refractivity contribution in [3.63, 3.8) is 0 Å². The van der Waals surface area contributed by atoms with Gasteiger partial charge in [0, 0.05) is 18.6 Å². The van der Waals surface area contributed by atoms with Gasteiger partial charge in [-0.1, -0.05) is 23.7 Å². The van der Waals surface area contributed by atoms with Crippen LogP contribution in [0.2, 0.25) is 5.02 Å². The van der Waals surface area contributed by atoms with Crippen molar-refractivity contribution in [2.45, 2.75) is 6.54 Å². The number of carbonyl (C=O) groups is 1. The molecule has 0 radical (unpaired) electrons. The van der Waals surface area contributed by atoms with Crippen molar-refractivity contribution in [3.8, 4) is 34.3 Å². The van der Waals surface area contributed by atoms with Crippen LogP contribution < -0.4 is 4.74 Å². The maximum absolute atomic E-state index is 12.0. The average molecular weight is 421 g/mol. The van der Waals surface area contributed by atoms with Gasteiger partial charge in [0.25, 0.3) is 0 Å². The van der Waals surface area contributed by atoms with E-state index in [4.69, 9.17) is 26.1 Å². The third-order valence-electron chi connectivity index (χ3n) is 4.99. The Morgan fingerprint density at radius 1 is 1.20 bits per heavy atom. The highest BCUT2D eigenvalue weighted by Gasteiger charge is 2.22. The number of esters is 1. The number of nitrogens with zero attached hydrogens (tertiary/aromatic N) is 4. The monoisotopic (exact) mass is 420 g/mol. The minimum atomic E-state index is -0.408. The topological polar surface area (TPSA) is 71.2 Å². The summed E-state index contributed by atoms with van der Waals surface area (Å²) in [5, 5.41) is 0.624. The molecule has 2 aromatic heterocycles. The zero-order valence-electron chi connectivity index (χ0n) is 16.1. The number of ether oxygens (including phenoxy) is 2. The second kappa shape index (κ2) is 7.35. The fraction of sp³-hybridized carbons (Fsp3) is 0.136. The van der Waals surface area contributed by atoms with Gasteiger partial charge < -0.3 is 14.0 Å². The molecule has 0 saturated heterocycles. The summed E-state index contributed by atoms with van der Waals surface area (Å²) < 4.78 is 14.6. The lowest BCUT2D eigenvalue weighted by Gasteiger charge is -2.09. The van der Waals surface area contributed by atoms with Gasteiger partial charge in [0.05, 0.1) is 35.5 Å². The third kappa shape index (κ3) is 3.04. The Morgan fingerprint density at radius 3 is 2.90 bits per heavy atom. The number of hydrogen-bond acceptors (Lipinski definition) is 5. The molecule has 4 aromatic rings. The van der Waals surface area contributed by atoms with Crippen molar-refractivity contribution in [1.82, 2.24) is 19.1 Å². The second-order valence-corrected chi connectivity index (χ2v) is 7.17. The number of benzene rings is 2. The zero-order valence-corrected chi connectivity index (χ0v) is 16.8. The standard InChI is InChI=1S/C22H17ClN4O3/c1-29-22(28)14-6-7-19-15(12-14)20-25-17(13-26(20)10-11-30-19)21-24-8-9-27(21)18-5-3-2-4-16(18)23/h2-9,12-13H,10-11H2,1H3. The number of methoxy groups -OCH3 is 1. The van der Waals surface area contributed by atoms with Gasteiger partial charge in [0.15, 0.2) is 5.82 Å². The van der Waals surface area contributed by atoms with E-state index >= 15 is 0 Å². The van der Waals surface area contributed by atoms with E-state index in [1.54, 1.807) is 24.4 Å². The predicted octanol–water partition coefficient (Wildman–Crippen LogP) is 4.24. The first-order chi connectivity index (χ1) is 14.7. The summed E-state index contributed by atoms with van der Waals surface area (Å²) in [6.45, 7) is 1.11. The largest absolute Gasteiger partial charge is 0.491 e. The third-order valence-corrected chi connectivity index (χ3v) is 5.31. The van der Waals surface area contributed by atoms with E-state index in [1.807, 2.05) is 45.8 Å². The smallest absolute Gasteiger partial charge is 0.337 e. The molecule has 0 bridgehead atoms. The Hall–Kier alpha value is -3.58. The molecule has 150 valence electrons. The van der Waals surface area contributed by atoms with E-state index in [1.165, 1.54) is 7.11 Å². The lowest BCUT2D eigenvalue weighted by atomic mass is 10.1. The van der Waals surface area contributed by atoms with Gasteiger partial charge in [-0.25, -0.2) is 14.8 Å².